The molecule has 0 aromatic heterocycles. The zero-order chi connectivity index (χ0) is 10.5. The molecule has 4 nitrogen and oxygen atoms in total. The topological polar surface area (TPSA) is 57.6 Å². The van der Waals surface area contributed by atoms with E-state index in [1.165, 1.54) is 0 Å². The van der Waals surface area contributed by atoms with Gasteiger partial charge in [-0.05, 0) is 26.3 Å². The molecule has 1 atom stereocenters. The lowest BCUT2D eigenvalue weighted by Gasteiger charge is -2.21. The Morgan fingerprint density at radius 2 is 2.00 bits per heavy atom. The van der Waals surface area contributed by atoms with Crippen molar-refractivity contribution in [2.45, 2.75) is 18.7 Å². The van der Waals surface area contributed by atoms with Gasteiger partial charge in [0.25, 0.3) is 10.1 Å². The molecule has 13 heavy (non-hydrogen) atoms. The van der Waals surface area contributed by atoms with E-state index in [1.54, 1.807) is 30.8 Å². The minimum Gasteiger partial charge on any atom is -0.297 e. The number of hydrogen-bond donors (Lipinski definition) is 1. The lowest BCUT2D eigenvalue weighted by molar-refractivity contribution is 0.391. The van der Waals surface area contributed by atoms with Gasteiger partial charge < -0.3 is 0 Å². The summed E-state index contributed by atoms with van der Waals surface area (Å²) in [5, 5.41) is -0.157. The normalized spacial score (nSPS) is 14.8. The Hall–Kier alpha value is 0.220. The zero-order valence-corrected chi connectivity index (χ0v) is 9.86. The van der Waals surface area contributed by atoms with Crippen molar-refractivity contribution in [1.29, 1.82) is 0 Å². The van der Waals surface area contributed by atoms with Crippen molar-refractivity contribution in [1.82, 2.24) is 4.90 Å². The summed E-state index contributed by atoms with van der Waals surface area (Å²) in [6.45, 7) is 2.03. The number of nitrogens with zero attached hydrogens (tertiary/aromatic N) is 1. The number of hydrogen-bond acceptors (Lipinski definition) is 4. The fourth-order valence-corrected chi connectivity index (χ4v) is 3.15. The van der Waals surface area contributed by atoms with E-state index in [0.717, 1.165) is 12.2 Å². The first-order valence-corrected chi connectivity index (χ1v) is 6.75. The molecular weight excluding hydrogens is 210 g/mol. The predicted molar refractivity (Wildman–Crippen MR) is 56.6 cm³/mol. The van der Waals surface area contributed by atoms with Crippen molar-refractivity contribution in [3.63, 3.8) is 0 Å². The molecule has 0 fully saturated rings. The second kappa shape index (κ2) is 5.85. The van der Waals surface area contributed by atoms with E-state index in [0.29, 0.717) is 0 Å². The lowest BCUT2D eigenvalue weighted by Crippen LogP contribution is -2.32. The van der Waals surface area contributed by atoms with Gasteiger partial charge in [0.1, 0.15) is 5.75 Å². The molecule has 0 aliphatic heterocycles. The lowest BCUT2D eigenvalue weighted by atomic mass is 10.6. The van der Waals surface area contributed by atoms with E-state index in [2.05, 4.69) is 0 Å². The Labute approximate surface area is 84.4 Å². The summed E-state index contributed by atoms with van der Waals surface area (Å²) < 4.78 is 29.9. The molecule has 80 valence electrons. The standard InChI is InChI=1S/C7H17NO3S2/c1-4-5-12-7(8(2)3)6-13(9,10)11/h7H,4-6H2,1-3H3,(H,9,10,11). The minimum absolute atomic E-state index is 0.157. The minimum atomic E-state index is -3.86. The Bertz CT molecular complexity index is 226. The molecule has 6 heteroatoms. The Morgan fingerprint density at radius 3 is 2.31 bits per heavy atom. The Balaban J connectivity index is 4.11. The molecule has 1 N–H and O–H groups in total. The quantitative estimate of drug-likeness (QED) is 0.540. The fraction of sp³-hybridized carbons (Fsp3) is 1.00. The highest BCUT2D eigenvalue weighted by Gasteiger charge is 2.18. The highest BCUT2D eigenvalue weighted by molar-refractivity contribution is 8.00. The fourth-order valence-electron chi connectivity index (χ4n) is 0.780. The second-order valence-corrected chi connectivity index (χ2v) is 5.82. The van der Waals surface area contributed by atoms with Crippen molar-refractivity contribution in [2.75, 3.05) is 25.6 Å². The summed E-state index contributed by atoms with van der Waals surface area (Å²) >= 11 is 1.54. The van der Waals surface area contributed by atoms with Gasteiger partial charge in [0, 0.05) is 0 Å². The molecule has 0 aliphatic rings. The molecule has 1 unspecified atom stereocenters. The van der Waals surface area contributed by atoms with Gasteiger partial charge in [0.15, 0.2) is 0 Å². The van der Waals surface area contributed by atoms with Crippen molar-refractivity contribution in [3.8, 4) is 0 Å². The molecule has 0 radical (unpaired) electrons. The van der Waals surface area contributed by atoms with Crippen LogP contribution >= 0.6 is 11.8 Å². The third-order valence-electron chi connectivity index (χ3n) is 1.44. The van der Waals surface area contributed by atoms with Gasteiger partial charge >= 0.3 is 0 Å². The highest BCUT2D eigenvalue weighted by atomic mass is 32.2. The molecule has 0 aromatic rings. The van der Waals surface area contributed by atoms with Crippen LogP contribution in [0.4, 0.5) is 0 Å². The van der Waals surface area contributed by atoms with Crippen molar-refractivity contribution in [2.24, 2.45) is 0 Å². The average molecular weight is 227 g/mol. The number of rotatable bonds is 6. The van der Waals surface area contributed by atoms with Gasteiger partial charge in [-0.2, -0.15) is 8.42 Å². The summed E-state index contributed by atoms with van der Waals surface area (Å²) in [6, 6.07) is 0. The third-order valence-corrected chi connectivity index (χ3v) is 4.01. The molecule has 0 bridgehead atoms. The van der Waals surface area contributed by atoms with Crippen LogP contribution in [-0.2, 0) is 10.1 Å². The van der Waals surface area contributed by atoms with Crippen LogP contribution in [0.3, 0.4) is 0 Å². The van der Waals surface area contributed by atoms with Crippen LogP contribution in [0.5, 0.6) is 0 Å². The SMILES string of the molecule is CCCSC(CS(=O)(=O)O)N(C)C. The first-order valence-electron chi connectivity index (χ1n) is 4.10. The van der Waals surface area contributed by atoms with E-state index >= 15 is 0 Å². The summed E-state index contributed by atoms with van der Waals surface area (Å²) in [4.78, 5) is 1.80. The van der Waals surface area contributed by atoms with Crippen molar-refractivity contribution < 1.29 is 13.0 Å². The Kier molecular flexibility index (Phi) is 5.95. The van der Waals surface area contributed by atoms with Gasteiger partial charge in [-0.25, -0.2) is 0 Å². The van der Waals surface area contributed by atoms with Crippen LogP contribution in [0.1, 0.15) is 13.3 Å². The van der Waals surface area contributed by atoms with Crippen LogP contribution in [0.15, 0.2) is 0 Å². The molecule has 0 rings (SSSR count). The average Bonchev–Trinajstić information content (AvgIpc) is 1.95. The maximum atomic E-state index is 10.6. The molecule has 0 spiro atoms. The molecule has 0 aliphatic carbocycles. The summed E-state index contributed by atoms with van der Waals surface area (Å²) in [7, 11) is -0.253. The summed E-state index contributed by atoms with van der Waals surface area (Å²) in [5.41, 5.74) is 0. The van der Waals surface area contributed by atoms with Gasteiger partial charge in [0.05, 0.1) is 5.37 Å². The summed E-state index contributed by atoms with van der Waals surface area (Å²) in [5.74, 6) is 0.697. The van der Waals surface area contributed by atoms with E-state index in [9.17, 15) is 8.42 Å². The maximum absolute atomic E-state index is 10.6. The van der Waals surface area contributed by atoms with Crippen molar-refractivity contribution in [3.05, 3.63) is 0 Å². The smallest absolute Gasteiger partial charge is 0.267 e. The van der Waals surface area contributed by atoms with Crippen molar-refractivity contribution >= 4 is 21.9 Å². The van der Waals surface area contributed by atoms with Crippen LogP contribution in [0.25, 0.3) is 0 Å². The van der Waals surface area contributed by atoms with E-state index in [4.69, 9.17) is 4.55 Å². The van der Waals surface area contributed by atoms with Crippen LogP contribution in [0.2, 0.25) is 0 Å². The molecule has 0 saturated heterocycles. The third kappa shape index (κ3) is 7.30. The van der Waals surface area contributed by atoms with Gasteiger partial charge in [-0.1, -0.05) is 6.92 Å². The first-order chi connectivity index (χ1) is 5.87. The van der Waals surface area contributed by atoms with Crippen LogP contribution in [0, 0.1) is 0 Å². The Morgan fingerprint density at radius 1 is 1.46 bits per heavy atom. The predicted octanol–water partition coefficient (Wildman–Crippen LogP) is 0.905. The zero-order valence-electron chi connectivity index (χ0n) is 8.23. The highest BCUT2D eigenvalue weighted by Crippen LogP contribution is 2.15. The molecule has 0 saturated carbocycles. The largest absolute Gasteiger partial charge is 0.297 e. The van der Waals surface area contributed by atoms with Crippen LogP contribution < -0.4 is 0 Å². The van der Waals surface area contributed by atoms with Crippen LogP contribution in [-0.4, -0.2) is 48.8 Å². The monoisotopic (exact) mass is 227 g/mol. The molecule has 0 amide bonds. The molecule has 0 heterocycles. The maximum Gasteiger partial charge on any atom is 0.267 e. The molecule has 0 aromatic carbocycles. The van der Waals surface area contributed by atoms with Gasteiger partial charge in [-0.15, -0.1) is 11.8 Å². The van der Waals surface area contributed by atoms with Gasteiger partial charge in [-0.3, -0.25) is 9.45 Å². The van der Waals surface area contributed by atoms with E-state index < -0.39 is 10.1 Å². The van der Waals surface area contributed by atoms with E-state index in [1.807, 2.05) is 6.92 Å². The van der Waals surface area contributed by atoms with E-state index in [-0.39, 0.29) is 11.1 Å². The first kappa shape index (κ1) is 13.2. The number of thioether (sulfide) groups is 1. The molecular formula is C7H17NO3S2. The second-order valence-electron chi connectivity index (χ2n) is 3.04. The summed E-state index contributed by atoms with van der Waals surface area (Å²) in [6.07, 6.45) is 1.00. The van der Waals surface area contributed by atoms with Gasteiger partial charge in [0.2, 0.25) is 0 Å².